The molecule has 0 bridgehead atoms. The van der Waals surface area contributed by atoms with Crippen LogP contribution < -0.4 is 5.32 Å². The molecule has 0 saturated carbocycles. The van der Waals surface area contributed by atoms with E-state index < -0.39 is 10.0 Å². The number of nitrogens with zero attached hydrogens (tertiary/aromatic N) is 1. The molecular formula is C14H25BrN2O2S2. The molecule has 0 saturated heterocycles. The van der Waals surface area contributed by atoms with Crippen LogP contribution in [0.5, 0.6) is 0 Å². The zero-order valence-electron chi connectivity index (χ0n) is 13.3. The lowest BCUT2D eigenvalue weighted by molar-refractivity contribution is 0.354. The minimum Gasteiger partial charge on any atom is -0.310 e. The maximum Gasteiger partial charge on any atom is 0.245 e. The van der Waals surface area contributed by atoms with E-state index in [1.54, 1.807) is 10.4 Å². The van der Waals surface area contributed by atoms with Gasteiger partial charge in [-0.2, -0.15) is 4.31 Å². The molecule has 0 aliphatic rings. The molecule has 4 nitrogen and oxygen atoms in total. The van der Waals surface area contributed by atoms with Crippen LogP contribution >= 0.6 is 27.3 Å². The first-order chi connectivity index (χ1) is 9.70. The number of hydrogen-bond acceptors (Lipinski definition) is 4. The standard InChI is InChI=1S/C14H25BrN2O2S2/c1-6-7-17(11(4)5)21(18,19)13-8-12(20-14(13)15)9-16-10(2)3/h8,10-11,16H,6-7,9H2,1-5H3. The zero-order chi connectivity index (χ0) is 16.2. The summed E-state index contributed by atoms with van der Waals surface area (Å²) < 4.78 is 27.9. The number of rotatable bonds is 8. The van der Waals surface area contributed by atoms with Crippen LogP contribution in [0.1, 0.15) is 45.9 Å². The first kappa shape index (κ1) is 19.1. The second-order valence-electron chi connectivity index (χ2n) is 5.60. The highest BCUT2D eigenvalue weighted by molar-refractivity contribution is 9.11. The van der Waals surface area contributed by atoms with Gasteiger partial charge >= 0.3 is 0 Å². The van der Waals surface area contributed by atoms with Crippen molar-refractivity contribution < 1.29 is 8.42 Å². The smallest absolute Gasteiger partial charge is 0.245 e. The summed E-state index contributed by atoms with van der Waals surface area (Å²) in [5.41, 5.74) is 0. The Morgan fingerprint density at radius 1 is 1.33 bits per heavy atom. The van der Waals surface area contributed by atoms with Gasteiger partial charge in [-0.3, -0.25) is 0 Å². The van der Waals surface area contributed by atoms with Crippen LogP contribution in [0.2, 0.25) is 0 Å². The second kappa shape index (κ2) is 8.06. The summed E-state index contributed by atoms with van der Waals surface area (Å²) in [7, 11) is -3.44. The van der Waals surface area contributed by atoms with Gasteiger partial charge in [-0.1, -0.05) is 20.8 Å². The predicted molar refractivity (Wildman–Crippen MR) is 93.3 cm³/mol. The Labute approximate surface area is 141 Å². The molecule has 7 heteroatoms. The molecule has 1 N–H and O–H groups in total. The van der Waals surface area contributed by atoms with Gasteiger partial charge in [-0.05, 0) is 42.3 Å². The van der Waals surface area contributed by atoms with Crippen LogP contribution in [0, 0.1) is 0 Å². The van der Waals surface area contributed by atoms with Gasteiger partial charge < -0.3 is 5.32 Å². The molecule has 0 atom stereocenters. The third-order valence-electron chi connectivity index (χ3n) is 3.00. The zero-order valence-corrected chi connectivity index (χ0v) is 16.5. The lowest BCUT2D eigenvalue weighted by Crippen LogP contribution is -2.37. The molecule has 1 rings (SSSR count). The minimum atomic E-state index is -3.44. The summed E-state index contributed by atoms with van der Waals surface area (Å²) in [5.74, 6) is 0. The third kappa shape index (κ3) is 5.03. The topological polar surface area (TPSA) is 49.4 Å². The number of halogens is 1. The summed E-state index contributed by atoms with van der Waals surface area (Å²) in [4.78, 5) is 1.41. The van der Waals surface area contributed by atoms with E-state index in [4.69, 9.17) is 0 Å². The second-order valence-corrected chi connectivity index (χ2v) is 9.91. The summed E-state index contributed by atoms with van der Waals surface area (Å²) >= 11 is 4.89. The molecule has 122 valence electrons. The van der Waals surface area contributed by atoms with E-state index >= 15 is 0 Å². The monoisotopic (exact) mass is 396 g/mol. The molecule has 21 heavy (non-hydrogen) atoms. The van der Waals surface area contributed by atoms with Crippen LogP contribution in [-0.4, -0.2) is 31.4 Å². The van der Waals surface area contributed by atoms with E-state index in [0.717, 1.165) is 11.3 Å². The summed E-state index contributed by atoms with van der Waals surface area (Å²) in [6, 6.07) is 2.11. The Morgan fingerprint density at radius 2 is 1.95 bits per heavy atom. The van der Waals surface area contributed by atoms with E-state index in [2.05, 4.69) is 35.1 Å². The molecule has 0 aliphatic carbocycles. The van der Waals surface area contributed by atoms with E-state index in [0.29, 0.717) is 27.8 Å². The lowest BCUT2D eigenvalue weighted by Gasteiger charge is -2.25. The van der Waals surface area contributed by atoms with Gasteiger partial charge in [-0.25, -0.2) is 8.42 Å². The number of thiophene rings is 1. The van der Waals surface area contributed by atoms with Gasteiger partial charge in [-0.15, -0.1) is 11.3 Å². The van der Waals surface area contributed by atoms with Gasteiger partial charge in [0.1, 0.15) is 4.90 Å². The Balaban J connectivity index is 3.07. The molecular weight excluding hydrogens is 372 g/mol. The average Bonchev–Trinajstić information content (AvgIpc) is 2.75. The highest BCUT2D eigenvalue weighted by Gasteiger charge is 2.29. The van der Waals surface area contributed by atoms with Crippen molar-refractivity contribution in [3.63, 3.8) is 0 Å². The SMILES string of the molecule is CCCN(C(C)C)S(=O)(=O)c1cc(CNC(C)C)sc1Br. The fourth-order valence-corrected chi connectivity index (χ4v) is 6.28. The Bertz CT molecular complexity index is 553. The Hall–Kier alpha value is 0.0500. The first-order valence-corrected chi connectivity index (χ1v) is 10.3. The molecule has 0 aliphatic heterocycles. The Morgan fingerprint density at radius 3 is 2.43 bits per heavy atom. The van der Waals surface area contributed by atoms with Gasteiger partial charge in [0.2, 0.25) is 10.0 Å². The first-order valence-electron chi connectivity index (χ1n) is 7.23. The van der Waals surface area contributed by atoms with Gasteiger partial charge in [0.15, 0.2) is 0 Å². The van der Waals surface area contributed by atoms with E-state index in [9.17, 15) is 8.42 Å². The van der Waals surface area contributed by atoms with Crippen molar-refractivity contribution in [2.75, 3.05) is 6.54 Å². The average molecular weight is 397 g/mol. The van der Waals surface area contributed by atoms with Crippen molar-refractivity contribution in [2.45, 2.75) is 64.6 Å². The highest BCUT2D eigenvalue weighted by Crippen LogP contribution is 2.34. The van der Waals surface area contributed by atoms with Crippen molar-refractivity contribution in [1.29, 1.82) is 0 Å². The molecule has 0 amide bonds. The van der Waals surface area contributed by atoms with Crippen LogP contribution in [0.3, 0.4) is 0 Å². The predicted octanol–water partition coefficient (Wildman–Crippen LogP) is 3.82. The molecule has 1 aromatic heterocycles. The molecule has 0 aromatic carbocycles. The third-order valence-corrected chi connectivity index (χ3v) is 7.33. The Kier molecular flexibility index (Phi) is 7.33. The fourth-order valence-electron chi connectivity index (χ4n) is 1.97. The lowest BCUT2D eigenvalue weighted by atomic mass is 10.4. The van der Waals surface area contributed by atoms with Crippen LogP contribution in [0.25, 0.3) is 0 Å². The number of hydrogen-bond donors (Lipinski definition) is 1. The molecule has 1 aromatic rings. The summed E-state index contributed by atoms with van der Waals surface area (Å²) in [6.45, 7) is 11.2. The molecule has 0 radical (unpaired) electrons. The van der Waals surface area contributed by atoms with Crippen molar-refractivity contribution in [3.8, 4) is 0 Å². The molecule has 0 unspecified atom stereocenters. The van der Waals surface area contributed by atoms with Gasteiger partial charge in [0.05, 0.1) is 3.79 Å². The van der Waals surface area contributed by atoms with Crippen molar-refractivity contribution in [3.05, 3.63) is 14.7 Å². The number of nitrogens with one attached hydrogen (secondary N) is 1. The van der Waals surface area contributed by atoms with Crippen LogP contribution in [0.4, 0.5) is 0 Å². The van der Waals surface area contributed by atoms with Crippen LogP contribution in [0.15, 0.2) is 14.7 Å². The van der Waals surface area contributed by atoms with Gasteiger partial charge in [0, 0.05) is 30.1 Å². The molecule has 1 heterocycles. The molecule has 0 fully saturated rings. The van der Waals surface area contributed by atoms with Crippen molar-refractivity contribution >= 4 is 37.3 Å². The van der Waals surface area contributed by atoms with Crippen LogP contribution in [-0.2, 0) is 16.6 Å². The van der Waals surface area contributed by atoms with Gasteiger partial charge in [0.25, 0.3) is 0 Å². The van der Waals surface area contributed by atoms with E-state index in [1.165, 1.54) is 11.3 Å². The highest BCUT2D eigenvalue weighted by atomic mass is 79.9. The summed E-state index contributed by atoms with van der Waals surface area (Å²) in [5, 5.41) is 3.31. The minimum absolute atomic E-state index is 0.0426. The molecule has 0 spiro atoms. The van der Waals surface area contributed by atoms with Crippen molar-refractivity contribution in [1.82, 2.24) is 9.62 Å². The normalized spacial score (nSPS) is 12.8. The largest absolute Gasteiger partial charge is 0.310 e. The fraction of sp³-hybridized carbons (Fsp3) is 0.714. The van der Waals surface area contributed by atoms with Crippen molar-refractivity contribution in [2.24, 2.45) is 0 Å². The van der Waals surface area contributed by atoms with E-state index in [1.807, 2.05) is 20.8 Å². The maximum absolute atomic E-state index is 12.8. The maximum atomic E-state index is 12.8. The number of sulfonamides is 1. The van der Waals surface area contributed by atoms with E-state index in [-0.39, 0.29) is 6.04 Å². The summed E-state index contributed by atoms with van der Waals surface area (Å²) in [6.07, 6.45) is 0.806. The quantitative estimate of drug-likeness (QED) is 0.726.